The van der Waals surface area contributed by atoms with Crippen LogP contribution in [0.1, 0.15) is 18.1 Å². The number of nitro groups is 1. The predicted molar refractivity (Wildman–Crippen MR) is 90.0 cm³/mol. The molecule has 0 unspecified atom stereocenters. The third-order valence-corrected chi connectivity index (χ3v) is 3.89. The van der Waals surface area contributed by atoms with Gasteiger partial charge in [-0.15, -0.1) is 0 Å². The molecule has 0 radical (unpaired) electrons. The number of halogens is 3. The molecule has 0 N–H and O–H groups in total. The van der Waals surface area contributed by atoms with Crippen molar-refractivity contribution in [1.82, 2.24) is 0 Å². The van der Waals surface area contributed by atoms with Crippen molar-refractivity contribution in [3.8, 4) is 11.5 Å². The van der Waals surface area contributed by atoms with E-state index < -0.39 is 33.7 Å². The Balaban J connectivity index is 2.07. The Labute approximate surface area is 149 Å². The lowest BCUT2D eigenvalue weighted by Gasteiger charge is -2.14. The van der Waals surface area contributed by atoms with Crippen LogP contribution < -0.4 is 10.4 Å². The summed E-state index contributed by atoms with van der Waals surface area (Å²) in [5.74, 6) is -0.598. The van der Waals surface area contributed by atoms with Gasteiger partial charge in [0.1, 0.15) is 22.6 Å². The van der Waals surface area contributed by atoms with Gasteiger partial charge in [0.15, 0.2) is 0 Å². The smallest absolute Gasteiger partial charge is 0.420 e. The third kappa shape index (κ3) is 3.76. The van der Waals surface area contributed by atoms with Gasteiger partial charge in [-0.2, -0.15) is 13.2 Å². The normalized spacial score (nSPS) is 11.6. The minimum atomic E-state index is -4.85. The Bertz CT molecular complexity index is 1090. The number of nitro benzene ring substituents is 1. The van der Waals surface area contributed by atoms with Crippen LogP contribution in [-0.2, 0) is 12.6 Å². The maximum absolute atomic E-state index is 13.2. The molecule has 0 saturated carbocycles. The van der Waals surface area contributed by atoms with Gasteiger partial charge in [0.2, 0.25) is 0 Å². The molecule has 0 atom stereocenters. The van der Waals surface area contributed by atoms with E-state index >= 15 is 0 Å². The predicted octanol–water partition coefficient (Wildman–Crippen LogP) is 5.07. The Morgan fingerprint density at radius 3 is 2.52 bits per heavy atom. The number of rotatable bonds is 4. The van der Waals surface area contributed by atoms with E-state index in [-0.39, 0.29) is 11.3 Å². The van der Waals surface area contributed by atoms with Crippen LogP contribution in [-0.4, -0.2) is 4.92 Å². The first-order valence-electron chi connectivity index (χ1n) is 7.79. The van der Waals surface area contributed by atoms with Gasteiger partial charge in [-0.05, 0) is 30.2 Å². The lowest BCUT2D eigenvalue weighted by Crippen LogP contribution is -2.08. The summed E-state index contributed by atoms with van der Waals surface area (Å²) in [6, 6.07) is 7.86. The number of aryl methyl sites for hydroxylation is 1. The molecule has 0 amide bonds. The van der Waals surface area contributed by atoms with Crippen LogP contribution in [0.25, 0.3) is 11.0 Å². The maximum atomic E-state index is 13.2. The molecule has 2 aromatic carbocycles. The molecule has 9 heteroatoms. The number of hydrogen-bond donors (Lipinski definition) is 0. The van der Waals surface area contributed by atoms with Crippen LogP contribution >= 0.6 is 0 Å². The number of nitrogens with zero attached hydrogens (tertiary/aromatic N) is 1. The zero-order valence-corrected chi connectivity index (χ0v) is 13.9. The average Bonchev–Trinajstić information content (AvgIpc) is 2.59. The minimum Gasteiger partial charge on any atom is -0.457 e. The molecule has 0 saturated heterocycles. The number of ether oxygens (including phenoxy) is 1. The molecule has 140 valence electrons. The van der Waals surface area contributed by atoms with Crippen LogP contribution in [0.5, 0.6) is 11.5 Å². The fourth-order valence-corrected chi connectivity index (χ4v) is 2.64. The Morgan fingerprint density at radius 1 is 1.15 bits per heavy atom. The molecule has 0 aliphatic heterocycles. The largest absolute Gasteiger partial charge is 0.457 e. The summed E-state index contributed by atoms with van der Waals surface area (Å²) in [4.78, 5) is 21.4. The van der Waals surface area contributed by atoms with Gasteiger partial charge in [-0.25, -0.2) is 4.79 Å². The summed E-state index contributed by atoms with van der Waals surface area (Å²) in [6.07, 6.45) is -4.27. The van der Waals surface area contributed by atoms with Crippen LogP contribution in [0.4, 0.5) is 18.9 Å². The van der Waals surface area contributed by atoms with E-state index in [0.717, 1.165) is 17.7 Å². The molecule has 1 aromatic heterocycles. The number of benzene rings is 2. The summed E-state index contributed by atoms with van der Waals surface area (Å²) < 4.78 is 50.1. The molecule has 6 nitrogen and oxygen atoms in total. The molecule has 3 aromatic rings. The summed E-state index contributed by atoms with van der Waals surface area (Å²) in [6.45, 7) is 1.85. The molecular weight excluding hydrogens is 367 g/mol. The first-order valence-corrected chi connectivity index (χ1v) is 7.79. The van der Waals surface area contributed by atoms with Crippen molar-refractivity contribution in [2.75, 3.05) is 0 Å². The lowest BCUT2D eigenvalue weighted by molar-refractivity contribution is -0.385. The van der Waals surface area contributed by atoms with Gasteiger partial charge in [-0.1, -0.05) is 6.92 Å². The quantitative estimate of drug-likeness (QED) is 0.359. The van der Waals surface area contributed by atoms with Crippen LogP contribution in [0, 0.1) is 10.1 Å². The van der Waals surface area contributed by atoms with Crippen LogP contribution in [0.2, 0.25) is 0 Å². The van der Waals surface area contributed by atoms with E-state index in [1.807, 2.05) is 6.92 Å². The summed E-state index contributed by atoms with van der Waals surface area (Å²) >= 11 is 0. The zero-order valence-electron chi connectivity index (χ0n) is 13.9. The molecule has 1 heterocycles. The molecule has 0 fully saturated rings. The standard InChI is InChI=1S/C18H12F3NO5/c1-2-10-7-17(23)27-16-9-12(4-5-13(10)16)26-15-6-3-11(22(24)25)8-14(15)18(19,20)21/h3-9H,2H2,1H3. The van der Waals surface area contributed by atoms with Crippen molar-refractivity contribution >= 4 is 16.7 Å². The van der Waals surface area contributed by atoms with E-state index in [1.165, 1.54) is 18.2 Å². The molecule has 27 heavy (non-hydrogen) atoms. The Morgan fingerprint density at radius 2 is 1.89 bits per heavy atom. The molecular formula is C18H12F3NO5. The number of hydrogen-bond acceptors (Lipinski definition) is 5. The highest BCUT2D eigenvalue weighted by Gasteiger charge is 2.36. The second-order valence-corrected chi connectivity index (χ2v) is 5.64. The number of alkyl halides is 3. The monoisotopic (exact) mass is 379 g/mol. The second-order valence-electron chi connectivity index (χ2n) is 5.64. The van der Waals surface area contributed by atoms with Crippen LogP contribution in [0.3, 0.4) is 0 Å². The highest BCUT2D eigenvalue weighted by Crippen LogP contribution is 2.40. The minimum absolute atomic E-state index is 0.00161. The summed E-state index contributed by atoms with van der Waals surface area (Å²) in [5.41, 5.74) is -1.65. The number of fused-ring (bicyclic) bond motifs is 1. The van der Waals surface area contributed by atoms with E-state index in [0.29, 0.717) is 17.9 Å². The van der Waals surface area contributed by atoms with Crippen molar-refractivity contribution in [2.24, 2.45) is 0 Å². The van der Waals surface area contributed by atoms with E-state index in [2.05, 4.69) is 0 Å². The van der Waals surface area contributed by atoms with Crippen molar-refractivity contribution in [2.45, 2.75) is 19.5 Å². The topological polar surface area (TPSA) is 82.6 Å². The van der Waals surface area contributed by atoms with E-state index in [4.69, 9.17) is 9.15 Å². The summed E-state index contributed by atoms with van der Waals surface area (Å²) in [5, 5.41) is 11.4. The van der Waals surface area contributed by atoms with Gasteiger partial charge >= 0.3 is 11.8 Å². The Kier molecular flexibility index (Phi) is 4.61. The average molecular weight is 379 g/mol. The third-order valence-electron chi connectivity index (χ3n) is 3.89. The molecule has 0 bridgehead atoms. The van der Waals surface area contributed by atoms with Gasteiger partial charge in [-0.3, -0.25) is 10.1 Å². The highest BCUT2D eigenvalue weighted by molar-refractivity contribution is 5.81. The fourth-order valence-electron chi connectivity index (χ4n) is 2.64. The van der Waals surface area contributed by atoms with E-state index in [1.54, 1.807) is 6.07 Å². The maximum Gasteiger partial charge on any atom is 0.420 e. The SMILES string of the molecule is CCc1cc(=O)oc2cc(Oc3ccc([N+](=O)[O-])cc3C(F)(F)F)ccc12. The fraction of sp³-hybridized carbons (Fsp3) is 0.167. The molecule has 3 rings (SSSR count). The zero-order chi connectivity index (χ0) is 19.8. The second kappa shape index (κ2) is 6.75. The lowest BCUT2D eigenvalue weighted by atomic mass is 10.1. The highest BCUT2D eigenvalue weighted by atomic mass is 19.4. The van der Waals surface area contributed by atoms with Gasteiger partial charge < -0.3 is 9.15 Å². The Hall–Kier alpha value is -3.36. The summed E-state index contributed by atoms with van der Waals surface area (Å²) in [7, 11) is 0. The van der Waals surface area contributed by atoms with Crippen molar-refractivity contribution < 1.29 is 27.2 Å². The van der Waals surface area contributed by atoms with Crippen molar-refractivity contribution in [3.63, 3.8) is 0 Å². The van der Waals surface area contributed by atoms with Crippen molar-refractivity contribution in [3.05, 3.63) is 74.1 Å². The van der Waals surface area contributed by atoms with Crippen molar-refractivity contribution in [1.29, 1.82) is 0 Å². The number of non-ortho nitro benzene ring substituents is 1. The molecule has 0 aliphatic carbocycles. The first-order chi connectivity index (χ1) is 12.7. The van der Waals surface area contributed by atoms with Gasteiger partial charge in [0, 0.05) is 29.7 Å². The first kappa shape index (κ1) is 18.4. The van der Waals surface area contributed by atoms with Crippen LogP contribution in [0.15, 0.2) is 51.7 Å². The molecule has 0 spiro atoms. The van der Waals surface area contributed by atoms with E-state index in [9.17, 15) is 28.1 Å². The molecule has 0 aliphatic rings. The van der Waals surface area contributed by atoms with Gasteiger partial charge in [0.05, 0.1) is 4.92 Å². The van der Waals surface area contributed by atoms with Gasteiger partial charge in [0.25, 0.3) is 5.69 Å².